The first-order valence-electron chi connectivity index (χ1n) is 6.52. The number of imide groups is 1. The van der Waals surface area contributed by atoms with Crippen LogP contribution in [0.25, 0.3) is 0 Å². The molecular formula is C17H10FNO3. The zero-order chi connectivity index (χ0) is 15.5. The van der Waals surface area contributed by atoms with Gasteiger partial charge in [0, 0.05) is 5.56 Å². The summed E-state index contributed by atoms with van der Waals surface area (Å²) in [5.41, 5.74) is 1.25. The average molecular weight is 295 g/mol. The van der Waals surface area contributed by atoms with Gasteiger partial charge in [-0.25, -0.2) is 9.23 Å². The molecule has 4 nitrogen and oxygen atoms in total. The summed E-state index contributed by atoms with van der Waals surface area (Å²) in [7, 11) is 0. The molecule has 2 aromatic rings. The highest BCUT2D eigenvalue weighted by molar-refractivity contribution is 6.20. The van der Waals surface area contributed by atoms with Gasteiger partial charge in [-0.05, 0) is 36.4 Å². The molecule has 0 spiro atoms. The van der Waals surface area contributed by atoms with Crippen LogP contribution in [0, 0.1) is 17.7 Å². The molecule has 0 saturated carbocycles. The second-order valence-electron chi connectivity index (χ2n) is 4.53. The van der Waals surface area contributed by atoms with Gasteiger partial charge < -0.3 is 0 Å². The molecule has 0 N–H and O–H groups in total. The highest BCUT2D eigenvalue weighted by Gasteiger charge is 2.36. The van der Waals surface area contributed by atoms with Crippen molar-refractivity contribution < 1.29 is 18.8 Å². The van der Waals surface area contributed by atoms with Gasteiger partial charge in [-0.1, -0.05) is 24.0 Å². The van der Waals surface area contributed by atoms with Crippen LogP contribution in [0.2, 0.25) is 0 Å². The molecule has 0 saturated heterocycles. The van der Waals surface area contributed by atoms with Crippen molar-refractivity contribution in [2.45, 2.75) is 0 Å². The Balaban J connectivity index is 1.65. The minimum absolute atomic E-state index is 0.122. The first-order valence-corrected chi connectivity index (χ1v) is 6.52. The molecule has 0 fully saturated rings. The Morgan fingerprint density at radius 3 is 2.14 bits per heavy atom. The number of hydrogen-bond donors (Lipinski definition) is 0. The summed E-state index contributed by atoms with van der Waals surface area (Å²) in [6.45, 7) is -0.122. The van der Waals surface area contributed by atoms with Gasteiger partial charge in [-0.3, -0.25) is 9.59 Å². The standard InChI is InChI=1S/C17H10FNO3/c18-13-9-7-12(8-10-13)4-3-11-22-19-16(20)14-5-1-2-6-15(14)17(19)21/h1-2,5-10H,11H2. The quantitative estimate of drug-likeness (QED) is 0.631. The number of carbonyl (C=O) groups is 2. The SMILES string of the molecule is O=C1c2ccccc2C(=O)N1OCC#Cc1ccc(F)cc1. The zero-order valence-corrected chi connectivity index (χ0v) is 11.4. The van der Waals surface area contributed by atoms with Crippen LogP contribution in [0.15, 0.2) is 48.5 Å². The lowest BCUT2D eigenvalue weighted by Crippen LogP contribution is -2.30. The van der Waals surface area contributed by atoms with E-state index in [0.717, 1.165) is 0 Å². The fourth-order valence-electron chi connectivity index (χ4n) is 2.05. The molecule has 0 aromatic heterocycles. The summed E-state index contributed by atoms with van der Waals surface area (Å²) in [6.07, 6.45) is 0. The Morgan fingerprint density at radius 2 is 1.55 bits per heavy atom. The number of carbonyl (C=O) groups excluding carboxylic acids is 2. The number of halogens is 1. The van der Waals surface area contributed by atoms with E-state index in [1.807, 2.05) is 0 Å². The minimum atomic E-state index is -0.496. The summed E-state index contributed by atoms with van der Waals surface area (Å²) in [5, 5.41) is 0.712. The van der Waals surface area contributed by atoms with Gasteiger partial charge in [0.25, 0.3) is 11.8 Å². The molecule has 2 amide bonds. The number of nitrogens with zero attached hydrogens (tertiary/aromatic N) is 1. The van der Waals surface area contributed by atoms with Crippen molar-refractivity contribution in [2.24, 2.45) is 0 Å². The van der Waals surface area contributed by atoms with E-state index in [-0.39, 0.29) is 12.4 Å². The monoisotopic (exact) mass is 295 g/mol. The van der Waals surface area contributed by atoms with Crippen molar-refractivity contribution in [1.29, 1.82) is 0 Å². The zero-order valence-electron chi connectivity index (χ0n) is 11.4. The Hall–Kier alpha value is -2.97. The number of fused-ring (bicyclic) bond motifs is 1. The summed E-state index contributed by atoms with van der Waals surface area (Å²) in [5.74, 6) is 4.10. The van der Waals surface area contributed by atoms with E-state index in [4.69, 9.17) is 4.84 Å². The Bertz CT molecular complexity index is 768. The number of hydroxylamine groups is 2. The Morgan fingerprint density at radius 1 is 0.955 bits per heavy atom. The van der Waals surface area contributed by atoms with Gasteiger partial charge in [-0.2, -0.15) is 0 Å². The molecule has 22 heavy (non-hydrogen) atoms. The molecule has 1 aliphatic heterocycles. The van der Waals surface area contributed by atoms with Gasteiger partial charge in [0.15, 0.2) is 0 Å². The topological polar surface area (TPSA) is 46.6 Å². The van der Waals surface area contributed by atoms with E-state index in [9.17, 15) is 14.0 Å². The number of amides is 2. The van der Waals surface area contributed by atoms with E-state index < -0.39 is 11.8 Å². The Labute approximate surface area is 126 Å². The average Bonchev–Trinajstić information content (AvgIpc) is 2.78. The van der Waals surface area contributed by atoms with E-state index >= 15 is 0 Å². The number of rotatable bonds is 2. The lowest BCUT2D eigenvalue weighted by atomic mass is 10.1. The lowest BCUT2D eigenvalue weighted by Gasteiger charge is -2.10. The maximum atomic E-state index is 12.7. The summed E-state index contributed by atoms with van der Waals surface area (Å²) in [4.78, 5) is 29.1. The molecule has 5 heteroatoms. The van der Waals surface area contributed by atoms with Crippen LogP contribution in [-0.2, 0) is 4.84 Å². The van der Waals surface area contributed by atoms with Crippen molar-refractivity contribution in [3.05, 3.63) is 71.0 Å². The van der Waals surface area contributed by atoms with Crippen LogP contribution in [0.1, 0.15) is 26.3 Å². The molecular weight excluding hydrogens is 285 g/mol. The Kier molecular flexibility index (Phi) is 3.69. The number of benzene rings is 2. The van der Waals surface area contributed by atoms with Crippen LogP contribution in [0.4, 0.5) is 4.39 Å². The second-order valence-corrected chi connectivity index (χ2v) is 4.53. The van der Waals surface area contributed by atoms with E-state index in [1.165, 1.54) is 24.3 Å². The van der Waals surface area contributed by atoms with E-state index in [2.05, 4.69) is 11.8 Å². The van der Waals surface area contributed by atoms with Crippen molar-refractivity contribution in [2.75, 3.05) is 6.61 Å². The highest BCUT2D eigenvalue weighted by atomic mass is 19.1. The predicted molar refractivity (Wildman–Crippen MR) is 76.2 cm³/mol. The first-order chi connectivity index (χ1) is 10.7. The maximum Gasteiger partial charge on any atom is 0.285 e. The van der Waals surface area contributed by atoms with Gasteiger partial charge in [0.1, 0.15) is 12.4 Å². The summed E-state index contributed by atoms with van der Waals surface area (Å²) >= 11 is 0. The second kappa shape index (κ2) is 5.80. The molecule has 1 heterocycles. The lowest BCUT2D eigenvalue weighted by molar-refractivity contribution is -0.0782. The van der Waals surface area contributed by atoms with Gasteiger partial charge in [-0.15, -0.1) is 5.06 Å². The fourth-order valence-corrected chi connectivity index (χ4v) is 2.05. The molecule has 1 aliphatic rings. The van der Waals surface area contributed by atoms with E-state index in [0.29, 0.717) is 21.8 Å². The third-order valence-corrected chi connectivity index (χ3v) is 3.10. The van der Waals surface area contributed by atoms with E-state index in [1.54, 1.807) is 24.3 Å². The minimum Gasteiger partial charge on any atom is -0.266 e. The van der Waals surface area contributed by atoms with Crippen molar-refractivity contribution in [3.63, 3.8) is 0 Å². The molecule has 108 valence electrons. The van der Waals surface area contributed by atoms with Crippen LogP contribution >= 0.6 is 0 Å². The van der Waals surface area contributed by atoms with Gasteiger partial charge in [0.2, 0.25) is 0 Å². The third kappa shape index (κ3) is 2.60. The summed E-state index contributed by atoms with van der Waals surface area (Å²) in [6, 6.07) is 12.2. The third-order valence-electron chi connectivity index (χ3n) is 3.10. The molecule has 2 aromatic carbocycles. The van der Waals surface area contributed by atoms with Gasteiger partial charge in [0.05, 0.1) is 11.1 Å². The smallest absolute Gasteiger partial charge is 0.266 e. The largest absolute Gasteiger partial charge is 0.285 e. The summed E-state index contributed by atoms with van der Waals surface area (Å²) < 4.78 is 12.7. The molecule has 0 radical (unpaired) electrons. The first kappa shape index (κ1) is 14.0. The molecule has 0 aliphatic carbocycles. The fraction of sp³-hybridized carbons (Fsp3) is 0.0588. The van der Waals surface area contributed by atoms with Crippen molar-refractivity contribution in [3.8, 4) is 11.8 Å². The van der Waals surface area contributed by atoms with Crippen LogP contribution in [0.5, 0.6) is 0 Å². The molecule has 0 unspecified atom stereocenters. The molecule has 3 rings (SSSR count). The van der Waals surface area contributed by atoms with Crippen molar-refractivity contribution in [1.82, 2.24) is 5.06 Å². The predicted octanol–water partition coefficient (Wildman–Crippen LogP) is 2.41. The van der Waals surface area contributed by atoms with Crippen LogP contribution in [0.3, 0.4) is 0 Å². The molecule has 0 atom stereocenters. The number of hydrogen-bond acceptors (Lipinski definition) is 3. The van der Waals surface area contributed by atoms with Crippen LogP contribution in [-0.4, -0.2) is 23.5 Å². The highest BCUT2D eigenvalue weighted by Crippen LogP contribution is 2.22. The maximum absolute atomic E-state index is 12.7. The van der Waals surface area contributed by atoms with Crippen LogP contribution < -0.4 is 0 Å². The normalized spacial score (nSPS) is 12.9. The molecule has 0 bridgehead atoms. The van der Waals surface area contributed by atoms with Gasteiger partial charge >= 0.3 is 0 Å². The van der Waals surface area contributed by atoms with Crippen molar-refractivity contribution >= 4 is 11.8 Å².